The zero-order chi connectivity index (χ0) is 14.5. The number of hydrogen-bond acceptors (Lipinski definition) is 4. The van der Waals surface area contributed by atoms with Crippen LogP contribution in [0.1, 0.15) is 27.2 Å². The molecular formula is C13H19BrO4S. The van der Waals surface area contributed by atoms with Crippen molar-refractivity contribution in [3.8, 4) is 5.75 Å². The largest absolute Gasteiger partial charge is 0.488 e. The highest BCUT2D eigenvalue weighted by Crippen LogP contribution is 2.23. The smallest absolute Gasteiger partial charge is 0.296 e. The second kappa shape index (κ2) is 6.72. The summed E-state index contributed by atoms with van der Waals surface area (Å²) in [5.41, 5.74) is -0.302. The van der Waals surface area contributed by atoms with Crippen LogP contribution < -0.4 is 4.74 Å². The summed E-state index contributed by atoms with van der Waals surface area (Å²) in [6, 6.07) is 6.26. The number of hydrogen-bond donors (Lipinski definition) is 0. The zero-order valence-corrected chi connectivity index (χ0v) is 13.8. The molecule has 0 aromatic heterocycles. The van der Waals surface area contributed by atoms with Gasteiger partial charge < -0.3 is 4.74 Å². The highest BCUT2D eigenvalue weighted by molar-refractivity contribution is 9.09. The molecule has 0 aliphatic heterocycles. The third-order valence-corrected chi connectivity index (χ3v) is 4.27. The van der Waals surface area contributed by atoms with Crippen molar-refractivity contribution in [1.82, 2.24) is 0 Å². The van der Waals surface area contributed by atoms with E-state index in [2.05, 4.69) is 15.9 Å². The van der Waals surface area contributed by atoms with E-state index < -0.39 is 10.1 Å². The Morgan fingerprint density at radius 1 is 1.21 bits per heavy atom. The minimum absolute atomic E-state index is 0.124. The Hall–Kier alpha value is -0.590. The molecule has 1 rings (SSSR count). The lowest BCUT2D eigenvalue weighted by Gasteiger charge is -2.25. The highest BCUT2D eigenvalue weighted by Gasteiger charge is 2.19. The van der Waals surface area contributed by atoms with E-state index in [-0.39, 0.29) is 17.1 Å². The highest BCUT2D eigenvalue weighted by atomic mass is 79.9. The molecule has 108 valence electrons. The Bertz CT molecular complexity index is 494. The van der Waals surface area contributed by atoms with Crippen LogP contribution in [0.3, 0.4) is 0 Å². The van der Waals surface area contributed by atoms with Gasteiger partial charge in [0.25, 0.3) is 10.1 Å². The molecule has 0 radical (unpaired) electrons. The van der Waals surface area contributed by atoms with Crippen molar-refractivity contribution in [3.63, 3.8) is 0 Å². The number of ether oxygens (including phenoxy) is 1. The van der Waals surface area contributed by atoms with E-state index in [1.807, 2.05) is 13.8 Å². The van der Waals surface area contributed by atoms with Gasteiger partial charge in [0.1, 0.15) is 11.4 Å². The summed E-state index contributed by atoms with van der Waals surface area (Å²) >= 11 is 3.38. The molecule has 0 unspecified atom stereocenters. The first-order chi connectivity index (χ1) is 8.80. The lowest BCUT2D eigenvalue weighted by atomic mass is 10.1. The summed E-state index contributed by atoms with van der Waals surface area (Å²) in [6.45, 7) is 5.73. The summed E-state index contributed by atoms with van der Waals surface area (Å²) in [6.07, 6.45) is 0.853. The van der Waals surface area contributed by atoms with Gasteiger partial charge in [-0.05, 0) is 51.5 Å². The van der Waals surface area contributed by atoms with Crippen LogP contribution in [0.4, 0.5) is 0 Å². The van der Waals surface area contributed by atoms with Crippen molar-refractivity contribution in [2.75, 3.05) is 11.9 Å². The predicted octanol–water partition coefficient (Wildman–Crippen LogP) is 3.35. The fourth-order valence-corrected chi connectivity index (χ4v) is 3.37. The molecule has 0 aliphatic rings. The Morgan fingerprint density at radius 3 is 2.26 bits per heavy atom. The van der Waals surface area contributed by atoms with Gasteiger partial charge in [0.2, 0.25) is 0 Å². The third kappa shape index (κ3) is 5.12. The maximum absolute atomic E-state index is 11.7. The van der Waals surface area contributed by atoms with Crippen LogP contribution in [0.5, 0.6) is 5.75 Å². The average Bonchev–Trinajstić information content (AvgIpc) is 2.28. The van der Waals surface area contributed by atoms with Gasteiger partial charge in [-0.2, -0.15) is 8.42 Å². The number of alkyl halides is 1. The van der Waals surface area contributed by atoms with Crippen LogP contribution in [0.15, 0.2) is 29.2 Å². The van der Waals surface area contributed by atoms with Gasteiger partial charge in [-0.3, -0.25) is 4.18 Å². The number of rotatable bonds is 7. The molecule has 1 aromatic rings. The first kappa shape index (κ1) is 16.5. The monoisotopic (exact) mass is 350 g/mol. The molecule has 4 nitrogen and oxygen atoms in total. The van der Waals surface area contributed by atoms with Gasteiger partial charge in [0, 0.05) is 5.33 Å². The van der Waals surface area contributed by atoms with Crippen molar-refractivity contribution >= 4 is 26.0 Å². The maximum Gasteiger partial charge on any atom is 0.296 e. The van der Waals surface area contributed by atoms with E-state index in [4.69, 9.17) is 8.92 Å². The molecule has 0 heterocycles. The predicted molar refractivity (Wildman–Crippen MR) is 78.4 cm³/mol. The van der Waals surface area contributed by atoms with Crippen LogP contribution in [0.25, 0.3) is 0 Å². The van der Waals surface area contributed by atoms with Gasteiger partial charge in [-0.15, -0.1) is 0 Å². The van der Waals surface area contributed by atoms with Crippen LogP contribution in [0.2, 0.25) is 0 Å². The topological polar surface area (TPSA) is 52.6 Å². The van der Waals surface area contributed by atoms with Crippen LogP contribution in [-0.2, 0) is 14.3 Å². The minimum atomic E-state index is -3.64. The normalized spacial score (nSPS) is 12.4. The molecule has 6 heteroatoms. The second-order valence-electron chi connectivity index (χ2n) is 4.63. The summed E-state index contributed by atoms with van der Waals surface area (Å²) in [7, 11) is -3.64. The average molecular weight is 351 g/mol. The van der Waals surface area contributed by atoms with E-state index in [0.29, 0.717) is 5.75 Å². The Balaban J connectivity index is 2.83. The molecule has 0 amide bonds. The van der Waals surface area contributed by atoms with E-state index in [9.17, 15) is 8.42 Å². The SMILES string of the molecule is CCOS(=O)(=O)c1ccc(OC(C)(C)CCBr)cc1. The quantitative estimate of drug-likeness (QED) is 0.558. The molecule has 19 heavy (non-hydrogen) atoms. The second-order valence-corrected chi connectivity index (χ2v) is 7.04. The summed E-state index contributed by atoms with van der Waals surface area (Å²) < 4.78 is 33.8. The summed E-state index contributed by atoms with van der Waals surface area (Å²) in [5.74, 6) is 0.640. The van der Waals surface area contributed by atoms with E-state index in [0.717, 1.165) is 11.8 Å². The lowest BCUT2D eigenvalue weighted by Crippen LogP contribution is -2.28. The first-order valence-corrected chi connectivity index (χ1v) is 8.58. The van der Waals surface area contributed by atoms with Gasteiger partial charge in [0.05, 0.1) is 11.5 Å². The summed E-state index contributed by atoms with van der Waals surface area (Å²) in [4.78, 5) is 0.139. The minimum Gasteiger partial charge on any atom is -0.488 e. The van der Waals surface area contributed by atoms with Crippen molar-refractivity contribution in [1.29, 1.82) is 0 Å². The number of benzene rings is 1. The molecule has 0 saturated carbocycles. The van der Waals surface area contributed by atoms with E-state index >= 15 is 0 Å². The summed E-state index contributed by atoms with van der Waals surface area (Å²) in [5, 5.41) is 0.844. The zero-order valence-electron chi connectivity index (χ0n) is 11.3. The fourth-order valence-electron chi connectivity index (χ4n) is 1.50. The Labute approximate surface area is 123 Å². The molecule has 0 fully saturated rings. The molecule has 0 atom stereocenters. The van der Waals surface area contributed by atoms with Crippen molar-refractivity contribution in [2.24, 2.45) is 0 Å². The Morgan fingerprint density at radius 2 is 1.79 bits per heavy atom. The van der Waals surface area contributed by atoms with Crippen LogP contribution in [0, 0.1) is 0 Å². The first-order valence-electron chi connectivity index (χ1n) is 6.05. The molecule has 0 spiro atoms. The van der Waals surface area contributed by atoms with Gasteiger partial charge in [-0.25, -0.2) is 0 Å². The van der Waals surface area contributed by atoms with Crippen LogP contribution in [-0.4, -0.2) is 26.0 Å². The van der Waals surface area contributed by atoms with Gasteiger partial charge in [-0.1, -0.05) is 15.9 Å². The van der Waals surface area contributed by atoms with Crippen molar-refractivity contribution in [3.05, 3.63) is 24.3 Å². The molecule has 0 aliphatic carbocycles. The Kier molecular flexibility index (Phi) is 5.82. The molecule has 0 saturated heterocycles. The van der Waals surface area contributed by atoms with Gasteiger partial charge in [0.15, 0.2) is 0 Å². The molecular weight excluding hydrogens is 332 g/mol. The van der Waals surface area contributed by atoms with E-state index in [1.54, 1.807) is 19.1 Å². The molecule has 1 aromatic carbocycles. The third-order valence-electron chi connectivity index (χ3n) is 2.48. The van der Waals surface area contributed by atoms with Gasteiger partial charge >= 0.3 is 0 Å². The fraction of sp³-hybridized carbons (Fsp3) is 0.538. The molecule has 0 N–H and O–H groups in total. The number of halogens is 1. The molecule has 0 bridgehead atoms. The van der Waals surface area contributed by atoms with E-state index in [1.165, 1.54) is 12.1 Å². The standard InChI is InChI=1S/C13H19BrO4S/c1-4-17-19(15,16)12-7-5-11(6-8-12)18-13(2,3)9-10-14/h5-8H,4,9-10H2,1-3H3. The van der Waals surface area contributed by atoms with Crippen molar-refractivity contribution < 1.29 is 17.3 Å². The van der Waals surface area contributed by atoms with Crippen molar-refractivity contribution in [2.45, 2.75) is 37.7 Å². The van der Waals surface area contributed by atoms with Crippen LogP contribution >= 0.6 is 15.9 Å². The lowest BCUT2D eigenvalue weighted by molar-refractivity contribution is 0.107. The maximum atomic E-state index is 11.7.